The van der Waals surface area contributed by atoms with E-state index in [-0.39, 0.29) is 17.5 Å². The molecule has 1 saturated carbocycles. The van der Waals surface area contributed by atoms with Crippen LogP contribution < -0.4 is 10.9 Å². The third-order valence-electron chi connectivity index (χ3n) is 6.26. The smallest absolute Gasteiger partial charge is 0.274 e. The highest BCUT2D eigenvalue weighted by Gasteiger charge is 2.21. The van der Waals surface area contributed by atoms with Gasteiger partial charge in [0.1, 0.15) is 0 Å². The van der Waals surface area contributed by atoms with E-state index in [9.17, 15) is 9.59 Å². The Morgan fingerprint density at radius 2 is 1.58 bits per heavy atom. The third kappa shape index (κ3) is 3.83. The van der Waals surface area contributed by atoms with Gasteiger partial charge >= 0.3 is 0 Å². The minimum atomic E-state index is -0.0548. The molecule has 0 aliphatic heterocycles. The van der Waals surface area contributed by atoms with Gasteiger partial charge in [0.15, 0.2) is 0 Å². The number of amides is 1. The first-order chi connectivity index (χ1) is 15.2. The lowest BCUT2D eigenvalue weighted by molar-refractivity contribution is -0.120. The van der Waals surface area contributed by atoms with Crippen LogP contribution in [0.15, 0.2) is 71.5 Å². The SMILES string of the molecule is O=C(Cc1cccc2ccccc12)NCc1nn(C2CCCC2)c(=O)c2ccccc12. The van der Waals surface area contributed by atoms with Crippen LogP contribution in [0.1, 0.15) is 43.0 Å². The molecule has 0 saturated heterocycles. The molecule has 1 aromatic heterocycles. The van der Waals surface area contributed by atoms with Crippen molar-refractivity contribution in [3.05, 3.63) is 88.3 Å². The first-order valence-electron chi connectivity index (χ1n) is 10.9. The second-order valence-corrected chi connectivity index (χ2v) is 8.27. The van der Waals surface area contributed by atoms with Crippen molar-refractivity contribution in [2.45, 2.75) is 44.7 Å². The van der Waals surface area contributed by atoms with Crippen molar-refractivity contribution < 1.29 is 4.79 Å². The van der Waals surface area contributed by atoms with E-state index in [2.05, 4.69) is 17.4 Å². The number of fused-ring (bicyclic) bond motifs is 2. The number of carbonyl (C=O) groups is 1. The van der Waals surface area contributed by atoms with E-state index in [0.717, 1.165) is 53.1 Å². The van der Waals surface area contributed by atoms with Crippen molar-refractivity contribution in [1.82, 2.24) is 15.1 Å². The molecule has 5 nitrogen and oxygen atoms in total. The van der Waals surface area contributed by atoms with Crippen LogP contribution in [0.2, 0.25) is 0 Å². The molecule has 0 unspecified atom stereocenters. The molecule has 5 heteroatoms. The molecule has 156 valence electrons. The maximum Gasteiger partial charge on any atom is 0.274 e. The number of rotatable bonds is 5. The molecule has 4 aromatic rings. The van der Waals surface area contributed by atoms with Crippen molar-refractivity contribution in [3.8, 4) is 0 Å². The first kappa shape index (κ1) is 19.5. The molecule has 0 radical (unpaired) electrons. The number of aromatic nitrogens is 2. The molecular formula is C26H25N3O2. The Morgan fingerprint density at radius 1 is 0.903 bits per heavy atom. The summed E-state index contributed by atoms with van der Waals surface area (Å²) in [6.45, 7) is 0.303. The fourth-order valence-corrected chi connectivity index (χ4v) is 4.67. The molecule has 31 heavy (non-hydrogen) atoms. The van der Waals surface area contributed by atoms with Gasteiger partial charge in [0, 0.05) is 5.39 Å². The molecule has 0 spiro atoms. The molecule has 1 heterocycles. The standard InChI is InChI=1S/C26H25N3O2/c30-25(16-19-10-7-9-18-8-1-4-13-21(18)19)27-17-24-22-14-5-6-15-23(22)26(31)29(28-24)20-11-2-3-12-20/h1,4-10,13-15,20H,2-3,11-12,16-17H2,(H,27,30). The van der Waals surface area contributed by atoms with Crippen LogP contribution in [0.4, 0.5) is 0 Å². The van der Waals surface area contributed by atoms with Gasteiger partial charge in [-0.25, -0.2) is 4.68 Å². The summed E-state index contributed by atoms with van der Waals surface area (Å²) in [4.78, 5) is 25.8. The lowest BCUT2D eigenvalue weighted by atomic mass is 10.0. The summed E-state index contributed by atoms with van der Waals surface area (Å²) in [5.74, 6) is -0.0548. The summed E-state index contributed by atoms with van der Waals surface area (Å²) in [5, 5.41) is 11.4. The lowest BCUT2D eigenvalue weighted by Crippen LogP contribution is -2.30. The highest BCUT2D eigenvalue weighted by atomic mass is 16.1. The van der Waals surface area contributed by atoms with Gasteiger partial charge < -0.3 is 5.32 Å². The quantitative estimate of drug-likeness (QED) is 0.525. The highest BCUT2D eigenvalue weighted by molar-refractivity contribution is 5.90. The van der Waals surface area contributed by atoms with E-state index < -0.39 is 0 Å². The summed E-state index contributed by atoms with van der Waals surface area (Å²) in [5.41, 5.74) is 1.71. The van der Waals surface area contributed by atoms with Crippen LogP contribution in [0.25, 0.3) is 21.5 Å². The van der Waals surface area contributed by atoms with Crippen LogP contribution in [0.3, 0.4) is 0 Å². The second-order valence-electron chi connectivity index (χ2n) is 8.27. The molecule has 0 atom stereocenters. The summed E-state index contributed by atoms with van der Waals surface area (Å²) < 4.78 is 1.65. The number of hydrogen-bond acceptors (Lipinski definition) is 3. The van der Waals surface area contributed by atoms with E-state index >= 15 is 0 Å². The maximum atomic E-state index is 13.0. The van der Waals surface area contributed by atoms with Crippen molar-refractivity contribution >= 4 is 27.5 Å². The second kappa shape index (κ2) is 8.34. The predicted molar refractivity (Wildman–Crippen MR) is 123 cm³/mol. The zero-order chi connectivity index (χ0) is 21.2. The molecule has 5 rings (SSSR count). The van der Waals surface area contributed by atoms with Crippen LogP contribution >= 0.6 is 0 Å². The number of benzene rings is 3. The average Bonchev–Trinajstić information content (AvgIpc) is 3.34. The van der Waals surface area contributed by atoms with Gasteiger partial charge in [0.25, 0.3) is 5.56 Å². The third-order valence-corrected chi connectivity index (χ3v) is 6.26. The fraction of sp³-hybridized carbons (Fsp3) is 0.269. The molecule has 1 amide bonds. The number of carbonyl (C=O) groups excluding carboxylic acids is 1. The Kier molecular flexibility index (Phi) is 5.24. The van der Waals surface area contributed by atoms with Gasteiger partial charge in [-0.3, -0.25) is 9.59 Å². The van der Waals surface area contributed by atoms with E-state index in [1.54, 1.807) is 4.68 Å². The number of nitrogens with zero attached hydrogens (tertiary/aromatic N) is 2. The summed E-state index contributed by atoms with van der Waals surface area (Å²) in [7, 11) is 0. The number of nitrogens with one attached hydrogen (secondary N) is 1. The lowest BCUT2D eigenvalue weighted by Gasteiger charge is -2.16. The molecular weight excluding hydrogens is 386 g/mol. The largest absolute Gasteiger partial charge is 0.350 e. The predicted octanol–water partition coefficient (Wildman–Crippen LogP) is 4.52. The van der Waals surface area contributed by atoms with Crippen molar-refractivity contribution in [2.75, 3.05) is 0 Å². The van der Waals surface area contributed by atoms with Gasteiger partial charge in [0.2, 0.25) is 5.91 Å². The Labute approximate surface area is 180 Å². The summed E-state index contributed by atoms with van der Waals surface area (Å²) in [6.07, 6.45) is 4.53. The van der Waals surface area contributed by atoms with Gasteiger partial charge in [-0.05, 0) is 35.2 Å². The van der Waals surface area contributed by atoms with E-state index in [1.807, 2.05) is 54.6 Å². The Balaban J connectivity index is 1.40. The number of hydrogen-bond donors (Lipinski definition) is 1. The Bertz CT molecular complexity index is 1310. The fourth-order valence-electron chi connectivity index (χ4n) is 4.67. The van der Waals surface area contributed by atoms with Crippen LogP contribution in [0.5, 0.6) is 0 Å². The van der Waals surface area contributed by atoms with Crippen LogP contribution in [-0.4, -0.2) is 15.7 Å². The topological polar surface area (TPSA) is 64.0 Å². The Morgan fingerprint density at radius 3 is 2.39 bits per heavy atom. The van der Waals surface area contributed by atoms with Crippen LogP contribution in [-0.2, 0) is 17.8 Å². The van der Waals surface area contributed by atoms with Crippen molar-refractivity contribution in [3.63, 3.8) is 0 Å². The van der Waals surface area contributed by atoms with Crippen molar-refractivity contribution in [2.24, 2.45) is 0 Å². The van der Waals surface area contributed by atoms with E-state index in [0.29, 0.717) is 18.4 Å². The maximum absolute atomic E-state index is 13.0. The molecule has 1 fully saturated rings. The highest BCUT2D eigenvalue weighted by Crippen LogP contribution is 2.28. The summed E-state index contributed by atoms with van der Waals surface area (Å²) >= 11 is 0. The monoisotopic (exact) mass is 411 g/mol. The van der Waals surface area contributed by atoms with Gasteiger partial charge in [0.05, 0.1) is 30.1 Å². The molecule has 1 aliphatic rings. The Hall–Kier alpha value is -3.47. The average molecular weight is 412 g/mol. The minimum absolute atomic E-state index is 0.0340. The van der Waals surface area contributed by atoms with Gasteiger partial charge in [-0.15, -0.1) is 0 Å². The first-order valence-corrected chi connectivity index (χ1v) is 10.9. The normalized spacial score (nSPS) is 14.3. The van der Waals surface area contributed by atoms with E-state index in [4.69, 9.17) is 5.10 Å². The van der Waals surface area contributed by atoms with Crippen LogP contribution in [0, 0.1) is 0 Å². The van der Waals surface area contributed by atoms with E-state index in [1.165, 1.54) is 0 Å². The zero-order valence-corrected chi connectivity index (χ0v) is 17.4. The zero-order valence-electron chi connectivity index (χ0n) is 17.4. The molecule has 3 aromatic carbocycles. The molecule has 1 aliphatic carbocycles. The minimum Gasteiger partial charge on any atom is -0.350 e. The molecule has 1 N–H and O–H groups in total. The molecule has 0 bridgehead atoms. The van der Waals surface area contributed by atoms with Crippen molar-refractivity contribution in [1.29, 1.82) is 0 Å². The van der Waals surface area contributed by atoms with Gasteiger partial charge in [-0.1, -0.05) is 73.5 Å². The summed E-state index contributed by atoms with van der Waals surface area (Å²) in [6, 6.07) is 21.8. The van der Waals surface area contributed by atoms with Gasteiger partial charge in [-0.2, -0.15) is 5.10 Å².